The Morgan fingerprint density at radius 2 is 2.11 bits per heavy atom. The minimum absolute atomic E-state index is 0. The summed E-state index contributed by atoms with van der Waals surface area (Å²) in [6, 6.07) is -1.16. The molecule has 0 spiro atoms. The number of carboxylic acid groups (broad SMARTS) is 1. The zero-order valence-electron chi connectivity index (χ0n) is 7.24. The van der Waals surface area contributed by atoms with E-state index in [1.165, 1.54) is 6.92 Å². The second-order valence-corrected chi connectivity index (χ2v) is 1.60. The summed E-state index contributed by atoms with van der Waals surface area (Å²) in [5.41, 5.74) is 4.91. The normalized spacial score (nSPS) is 15.4. The van der Waals surface area contributed by atoms with Crippen LogP contribution in [0.1, 0.15) is 9.78 Å². The number of aliphatic carboxylic acids is 1. The minimum Gasteiger partial charge on any atom is -1.00 e. The number of nitrogens with two attached hydrogens (primary N) is 1. The van der Waals surface area contributed by atoms with Gasteiger partial charge in [-0.25, -0.2) is 0 Å². The molecule has 52 valence electrons. The summed E-state index contributed by atoms with van der Waals surface area (Å²) in [6.07, 6.45) is -0.979. The van der Waals surface area contributed by atoms with Crippen LogP contribution in [0.4, 0.5) is 0 Å². The molecule has 4 N–H and O–H groups in total. The average Bonchev–Trinajstić information content (AvgIpc) is 1.64. The van der Waals surface area contributed by atoms with Gasteiger partial charge >= 0.3 is 43.7 Å². The van der Waals surface area contributed by atoms with Gasteiger partial charge in [0.15, 0.2) is 0 Å². The molecule has 0 radical (unpaired) electrons. The van der Waals surface area contributed by atoms with E-state index in [2.05, 4.69) is 0 Å². The Kier molecular flexibility index (Phi) is 7.45. The monoisotopic (exact) mass is 161 g/mol. The van der Waals surface area contributed by atoms with Crippen LogP contribution in [0.25, 0.3) is 0 Å². The van der Waals surface area contributed by atoms with Crippen molar-refractivity contribution in [2.75, 3.05) is 0 Å². The molecule has 4 nitrogen and oxygen atoms in total. The maximum absolute atomic E-state index is 9.86. The fourth-order valence-corrected chi connectivity index (χ4v) is 0.206. The van der Waals surface area contributed by atoms with Crippen LogP contribution in [0, 0.1) is 0 Å². The molecular weight excluding hydrogens is 150 g/mol. The second-order valence-electron chi connectivity index (χ2n) is 1.60. The molecule has 0 aliphatic carbocycles. The van der Waals surface area contributed by atoms with E-state index in [1.54, 1.807) is 0 Å². The van der Waals surface area contributed by atoms with Crippen molar-refractivity contribution in [3.63, 3.8) is 0 Å². The number of carbonyl (C=O) groups is 1. The summed E-state index contributed by atoms with van der Waals surface area (Å²) in [5, 5.41) is 16.6. The van der Waals surface area contributed by atoms with Crippen LogP contribution in [0.3, 0.4) is 0 Å². The Morgan fingerprint density at radius 3 is 2.11 bits per heavy atom. The van der Waals surface area contributed by atoms with Crippen molar-refractivity contribution < 1.29 is 17.9 Å². The molecular formula is C4H11CaNO3. The van der Waals surface area contributed by atoms with Gasteiger partial charge in [-0.05, 0) is 6.92 Å². The van der Waals surface area contributed by atoms with Crippen LogP contribution in [0.15, 0.2) is 0 Å². The molecule has 5 heteroatoms. The first-order valence-electron chi connectivity index (χ1n) is 2.22. The van der Waals surface area contributed by atoms with Gasteiger partial charge < -0.3 is 18.8 Å². The van der Waals surface area contributed by atoms with Crippen LogP contribution >= 0.6 is 0 Å². The average molecular weight is 161 g/mol. The second kappa shape index (κ2) is 5.44. The predicted octanol–water partition coefficient (Wildman–Crippen LogP) is -1.38. The van der Waals surface area contributed by atoms with Crippen molar-refractivity contribution in [3.8, 4) is 0 Å². The van der Waals surface area contributed by atoms with E-state index in [0.717, 1.165) is 0 Å². The Balaban J connectivity index is -0.0000000817. The maximum atomic E-state index is 9.86. The Labute approximate surface area is 86.0 Å². The van der Waals surface area contributed by atoms with E-state index in [0.29, 0.717) is 0 Å². The van der Waals surface area contributed by atoms with Crippen LogP contribution in [0.5, 0.6) is 0 Å². The van der Waals surface area contributed by atoms with Gasteiger partial charge in [0.05, 0.1) is 6.10 Å². The van der Waals surface area contributed by atoms with E-state index in [4.69, 9.17) is 15.9 Å². The van der Waals surface area contributed by atoms with Gasteiger partial charge in [-0.15, -0.1) is 0 Å². The number of carboxylic acids is 1. The molecule has 0 aliphatic heterocycles. The molecule has 0 aromatic carbocycles. The van der Waals surface area contributed by atoms with Gasteiger partial charge in [-0.1, -0.05) is 0 Å². The zero-order chi connectivity index (χ0) is 6.73. The van der Waals surface area contributed by atoms with E-state index in [9.17, 15) is 4.79 Å². The molecule has 0 unspecified atom stereocenters. The first-order chi connectivity index (χ1) is 3.55. The molecule has 0 saturated heterocycles. The molecule has 0 aromatic rings. The Morgan fingerprint density at radius 1 is 1.78 bits per heavy atom. The number of aliphatic hydroxyl groups excluding tert-OH is 1. The van der Waals surface area contributed by atoms with Gasteiger partial charge in [0.25, 0.3) is 0 Å². The largest absolute Gasteiger partial charge is 2.00 e. The summed E-state index contributed by atoms with van der Waals surface area (Å²) >= 11 is 0. The minimum atomic E-state index is -1.18. The third kappa shape index (κ3) is 5.11. The first-order valence-corrected chi connectivity index (χ1v) is 2.22. The third-order valence-electron chi connectivity index (χ3n) is 0.805. The first kappa shape index (κ1) is 12.3. The molecule has 0 rings (SSSR count). The Hall–Kier alpha value is 0.650. The van der Waals surface area contributed by atoms with Crippen molar-refractivity contribution in [1.29, 1.82) is 0 Å². The molecule has 2 atom stereocenters. The van der Waals surface area contributed by atoms with Crippen LogP contribution in [-0.2, 0) is 4.79 Å². The molecule has 0 amide bonds. The van der Waals surface area contributed by atoms with E-state index in [1.807, 2.05) is 0 Å². The van der Waals surface area contributed by atoms with Crippen molar-refractivity contribution in [2.24, 2.45) is 5.73 Å². The van der Waals surface area contributed by atoms with E-state index in [-0.39, 0.29) is 40.6 Å². The van der Waals surface area contributed by atoms with Crippen molar-refractivity contribution in [1.82, 2.24) is 0 Å². The van der Waals surface area contributed by atoms with Gasteiger partial charge in [-0.3, -0.25) is 4.79 Å². The summed E-state index contributed by atoms with van der Waals surface area (Å²) in [4.78, 5) is 9.86. The van der Waals surface area contributed by atoms with Gasteiger partial charge in [0.1, 0.15) is 6.04 Å². The number of hydrogen-bond donors (Lipinski definition) is 3. The Bertz CT molecular complexity index is 103. The number of rotatable bonds is 2. The molecule has 0 fully saturated rings. The summed E-state index contributed by atoms with van der Waals surface area (Å²) in [7, 11) is 0. The van der Waals surface area contributed by atoms with Gasteiger partial charge in [0, 0.05) is 0 Å². The molecule has 9 heavy (non-hydrogen) atoms. The topological polar surface area (TPSA) is 83.5 Å². The summed E-state index contributed by atoms with van der Waals surface area (Å²) < 4.78 is 0. The van der Waals surface area contributed by atoms with Gasteiger partial charge in [0.2, 0.25) is 0 Å². The SMILES string of the molecule is C[C@@H](O)[C@H](N)C(=O)O.[Ca+2].[H-].[H-]. The zero-order valence-corrected chi connectivity index (χ0v) is 7.45. The fraction of sp³-hybridized carbons (Fsp3) is 0.750. The predicted molar refractivity (Wildman–Crippen MR) is 35.3 cm³/mol. The van der Waals surface area contributed by atoms with E-state index >= 15 is 0 Å². The summed E-state index contributed by atoms with van der Waals surface area (Å²) in [6.45, 7) is 1.33. The fourth-order valence-electron chi connectivity index (χ4n) is 0.206. The molecule has 0 aliphatic rings. The number of hydrogen-bond acceptors (Lipinski definition) is 3. The van der Waals surface area contributed by atoms with Crippen molar-refractivity contribution in [2.45, 2.75) is 19.1 Å². The third-order valence-corrected chi connectivity index (χ3v) is 0.805. The standard InChI is InChI=1S/C4H9NO3.Ca.2H/c1-2(6)3(5)4(7)8;;;/h2-3,6H,5H2,1H3,(H,7,8);;;/q;+2;2*-1/t2-,3+;;;/m1.../s1. The molecule has 0 aromatic heterocycles. The van der Waals surface area contributed by atoms with Gasteiger partial charge in [-0.2, -0.15) is 0 Å². The molecule has 0 bridgehead atoms. The summed E-state index contributed by atoms with van der Waals surface area (Å²) in [5.74, 6) is -1.18. The quantitative estimate of drug-likeness (QED) is 0.436. The maximum Gasteiger partial charge on any atom is 2.00 e. The van der Waals surface area contributed by atoms with Crippen LogP contribution < -0.4 is 5.73 Å². The molecule has 0 saturated carbocycles. The smallest absolute Gasteiger partial charge is 1.00 e. The van der Waals surface area contributed by atoms with Crippen LogP contribution in [0.2, 0.25) is 0 Å². The number of aliphatic hydroxyl groups is 1. The van der Waals surface area contributed by atoms with Crippen molar-refractivity contribution in [3.05, 3.63) is 0 Å². The van der Waals surface area contributed by atoms with Crippen LogP contribution in [-0.4, -0.2) is 66.1 Å². The van der Waals surface area contributed by atoms with E-state index < -0.39 is 18.1 Å². The van der Waals surface area contributed by atoms with Crippen molar-refractivity contribution >= 4 is 43.7 Å². The molecule has 0 heterocycles.